The Morgan fingerprint density at radius 3 is 2.94 bits per heavy atom. The molecule has 1 saturated heterocycles. The molecule has 94 valence electrons. The van der Waals surface area contributed by atoms with Crippen LogP contribution in [0.25, 0.3) is 0 Å². The highest BCUT2D eigenvalue weighted by Crippen LogP contribution is 2.25. The lowest BCUT2D eigenvalue weighted by molar-refractivity contribution is 0.0697. The van der Waals surface area contributed by atoms with E-state index in [2.05, 4.69) is 0 Å². The summed E-state index contributed by atoms with van der Waals surface area (Å²) in [6.07, 6.45) is 0.919. The van der Waals surface area contributed by atoms with Crippen LogP contribution in [0, 0.1) is 11.3 Å². The van der Waals surface area contributed by atoms with Crippen LogP contribution in [0.15, 0.2) is 18.2 Å². The third kappa shape index (κ3) is 2.29. The van der Waals surface area contributed by atoms with Gasteiger partial charge in [0.1, 0.15) is 6.07 Å². The minimum atomic E-state index is -1.02. The van der Waals surface area contributed by atoms with Gasteiger partial charge in [-0.05, 0) is 24.6 Å². The van der Waals surface area contributed by atoms with Gasteiger partial charge in [-0.15, -0.1) is 0 Å². The average molecular weight is 246 g/mol. The summed E-state index contributed by atoms with van der Waals surface area (Å²) in [5, 5.41) is 18.0. The zero-order valence-corrected chi connectivity index (χ0v) is 10.1. The number of hydrogen-bond donors (Lipinski definition) is 1. The molecule has 5 heteroatoms. The van der Waals surface area contributed by atoms with Crippen molar-refractivity contribution < 1.29 is 14.6 Å². The van der Waals surface area contributed by atoms with Crippen molar-refractivity contribution in [2.24, 2.45) is 0 Å². The molecule has 0 aliphatic carbocycles. The Hall–Kier alpha value is -2.06. The highest BCUT2D eigenvalue weighted by molar-refractivity contribution is 5.89. The van der Waals surface area contributed by atoms with Crippen LogP contribution in [0.3, 0.4) is 0 Å². The second-order valence-electron chi connectivity index (χ2n) is 4.28. The Kier molecular flexibility index (Phi) is 3.49. The molecule has 5 nitrogen and oxygen atoms in total. The zero-order valence-electron chi connectivity index (χ0n) is 10.1. The van der Waals surface area contributed by atoms with Gasteiger partial charge in [0.05, 0.1) is 29.5 Å². The number of aromatic carboxylic acids is 1. The molecule has 1 unspecified atom stereocenters. The van der Waals surface area contributed by atoms with Gasteiger partial charge in [0.25, 0.3) is 0 Å². The number of ether oxygens (including phenoxy) is 1. The number of nitrogens with zero attached hydrogens (tertiary/aromatic N) is 2. The van der Waals surface area contributed by atoms with Crippen molar-refractivity contribution >= 4 is 11.7 Å². The van der Waals surface area contributed by atoms with Crippen LogP contribution < -0.4 is 4.90 Å². The Morgan fingerprint density at radius 2 is 2.39 bits per heavy atom. The number of carbonyl (C=O) groups is 1. The second kappa shape index (κ2) is 5.07. The first-order valence-corrected chi connectivity index (χ1v) is 5.71. The Morgan fingerprint density at radius 1 is 1.61 bits per heavy atom. The van der Waals surface area contributed by atoms with Crippen LogP contribution in [0.4, 0.5) is 5.69 Å². The average Bonchev–Trinajstić information content (AvgIpc) is 2.90. The van der Waals surface area contributed by atoms with Crippen molar-refractivity contribution in [3.8, 4) is 6.07 Å². The summed E-state index contributed by atoms with van der Waals surface area (Å²) in [7, 11) is 1.90. The van der Waals surface area contributed by atoms with Crippen molar-refractivity contribution in [2.45, 2.75) is 12.5 Å². The number of nitriles is 1. The lowest BCUT2D eigenvalue weighted by atomic mass is 10.1. The van der Waals surface area contributed by atoms with Gasteiger partial charge in [-0.2, -0.15) is 5.26 Å². The lowest BCUT2D eigenvalue weighted by Gasteiger charge is -2.26. The molecule has 1 fully saturated rings. The molecular formula is C13H14N2O3. The fourth-order valence-electron chi connectivity index (χ4n) is 2.09. The summed E-state index contributed by atoms with van der Waals surface area (Å²) >= 11 is 0. The molecule has 1 aromatic rings. The highest BCUT2D eigenvalue weighted by Gasteiger charge is 2.22. The van der Waals surface area contributed by atoms with Gasteiger partial charge in [0, 0.05) is 13.7 Å². The number of rotatable bonds is 3. The molecule has 1 aliphatic heterocycles. The fourth-order valence-corrected chi connectivity index (χ4v) is 2.09. The SMILES string of the molecule is CN(c1ccc(C(=O)O)cc1C#N)C1CCOC1. The highest BCUT2D eigenvalue weighted by atomic mass is 16.5. The molecule has 0 bridgehead atoms. The standard InChI is InChI=1S/C13H14N2O3/c1-15(11-4-5-18-8-11)12-3-2-9(13(16)17)6-10(12)7-14/h2-3,6,11H,4-5,8H2,1H3,(H,16,17). The predicted octanol–water partition coefficient (Wildman–Crippen LogP) is 1.48. The molecule has 1 aromatic carbocycles. The van der Waals surface area contributed by atoms with Crippen LogP contribution in [0.1, 0.15) is 22.3 Å². The zero-order chi connectivity index (χ0) is 13.1. The van der Waals surface area contributed by atoms with E-state index < -0.39 is 5.97 Å². The molecule has 1 atom stereocenters. The molecule has 0 amide bonds. The molecule has 0 aromatic heterocycles. The summed E-state index contributed by atoms with van der Waals surface area (Å²) in [4.78, 5) is 12.8. The van der Waals surface area contributed by atoms with Gasteiger partial charge in [-0.1, -0.05) is 0 Å². The van der Waals surface area contributed by atoms with E-state index in [0.29, 0.717) is 12.2 Å². The van der Waals surface area contributed by atoms with E-state index in [9.17, 15) is 4.79 Å². The molecule has 2 rings (SSSR count). The second-order valence-corrected chi connectivity index (χ2v) is 4.28. The quantitative estimate of drug-likeness (QED) is 0.874. The normalized spacial score (nSPS) is 18.3. The largest absolute Gasteiger partial charge is 0.478 e. The van der Waals surface area contributed by atoms with Gasteiger partial charge in [-0.3, -0.25) is 0 Å². The lowest BCUT2D eigenvalue weighted by Crippen LogP contribution is -2.32. The molecule has 1 aliphatic rings. The molecule has 0 spiro atoms. The van der Waals surface area contributed by atoms with Gasteiger partial charge in [0.2, 0.25) is 0 Å². The van der Waals surface area contributed by atoms with E-state index >= 15 is 0 Å². The van der Waals surface area contributed by atoms with Gasteiger partial charge in [-0.25, -0.2) is 4.79 Å². The first-order valence-electron chi connectivity index (χ1n) is 5.71. The number of likely N-dealkylation sites (N-methyl/N-ethyl adjacent to an activating group) is 1. The molecule has 0 radical (unpaired) electrons. The number of carboxylic acid groups (broad SMARTS) is 1. The van der Waals surface area contributed by atoms with E-state index in [4.69, 9.17) is 15.1 Å². The number of carboxylic acids is 1. The molecule has 0 saturated carbocycles. The van der Waals surface area contributed by atoms with Crippen molar-refractivity contribution in [2.75, 3.05) is 25.2 Å². The third-order valence-corrected chi connectivity index (χ3v) is 3.20. The third-order valence-electron chi connectivity index (χ3n) is 3.20. The first kappa shape index (κ1) is 12.4. The first-order chi connectivity index (χ1) is 8.63. The molecule has 1 heterocycles. The van der Waals surface area contributed by atoms with Gasteiger partial charge in [0.15, 0.2) is 0 Å². The summed E-state index contributed by atoms with van der Waals surface area (Å²) in [5.41, 5.74) is 1.26. The Balaban J connectivity index is 2.32. The van der Waals surface area contributed by atoms with E-state index in [1.807, 2.05) is 18.0 Å². The Bertz CT molecular complexity index is 501. The van der Waals surface area contributed by atoms with E-state index in [1.165, 1.54) is 12.1 Å². The van der Waals surface area contributed by atoms with Gasteiger partial charge < -0.3 is 14.7 Å². The smallest absolute Gasteiger partial charge is 0.335 e. The van der Waals surface area contributed by atoms with E-state index in [1.54, 1.807) is 6.07 Å². The Labute approximate surface area is 105 Å². The minimum absolute atomic E-state index is 0.131. The maximum atomic E-state index is 10.9. The van der Waals surface area contributed by atoms with Crippen molar-refractivity contribution in [3.63, 3.8) is 0 Å². The van der Waals surface area contributed by atoms with Crippen LogP contribution in [-0.2, 0) is 4.74 Å². The van der Waals surface area contributed by atoms with Crippen LogP contribution >= 0.6 is 0 Å². The predicted molar refractivity (Wildman–Crippen MR) is 65.7 cm³/mol. The van der Waals surface area contributed by atoms with Crippen LogP contribution in [-0.4, -0.2) is 37.4 Å². The molecule has 18 heavy (non-hydrogen) atoms. The fraction of sp³-hybridized carbons (Fsp3) is 0.385. The van der Waals surface area contributed by atoms with E-state index in [-0.39, 0.29) is 11.6 Å². The molecule has 1 N–H and O–H groups in total. The van der Waals surface area contributed by atoms with Crippen molar-refractivity contribution in [1.29, 1.82) is 5.26 Å². The number of anilines is 1. The summed E-state index contributed by atoms with van der Waals surface area (Å²) in [6.45, 7) is 1.37. The van der Waals surface area contributed by atoms with Crippen LogP contribution in [0.2, 0.25) is 0 Å². The summed E-state index contributed by atoms with van der Waals surface area (Å²) < 4.78 is 5.32. The maximum Gasteiger partial charge on any atom is 0.335 e. The maximum absolute atomic E-state index is 10.9. The van der Waals surface area contributed by atoms with Crippen molar-refractivity contribution in [1.82, 2.24) is 0 Å². The van der Waals surface area contributed by atoms with Gasteiger partial charge >= 0.3 is 5.97 Å². The minimum Gasteiger partial charge on any atom is -0.478 e. The van der Waals surface area contributed by atoms with Crippen LogP contribution in [0.5, 0.6) is 0 Å². The number of hydrogen-bond acceptors (Lipinski definition) is 4. The molecular weight excluding hydrogens is 232 g/mol. The number of benzene rings is 1. The monoisotopic (exact) mass is 246 g/mol. The summed E-state index contributed by atoms with van der Waals surface area (Å²) in [5.74, 6) is -1.02. The summed E-state index contributed by atoms with van der Waals surface area (Å²) in [6, 6.07) is 6.90. The topological polar surface area (TPSA) is 73.6 Å². The van der Waals surface area contributed by atoms with E-state index in [0.717, 1.165) is 18.7 Å². The van der Waals surface area contributed by atoms with Crippen molar-refractivity contribution in [3.05, 3.63) is 29.3 Å².